The van der Waals surface area contributed by atoms with Crippen LogP contribution in [0.5, 0.6) is 0 Å². The number of esters is 1. The molecule has 0 unspecified atom stereocenters. The minimum absolute atomic E-state index is 0.0276. The number of likely N-dealkylation sites (tertiary alicyclic amines) is 1. The van der Waals surface area contributed by atoms with Crippen LogP contribution in [0.15, 0.2) is 47.3 Å². The molecule has 1 aromatic heterocycles. The molecule has 172 valence electrons. The number of para-hydroxylation sites is 1. The monoisotopic (exact) mass is 454 g/mol. The number of nitro benzene ring substituents is 1. The van der Waals surface area contributed by atoms with Gasteiger partial charge in [-0.3, -0.25) is 29.2 Å². The van der Waals surface area contributed by atoms with Crippen molar-refractivity contribution in [3.05, 3.63) is 74.6 Å². The molecular formula is C23H23FN4O5. The normalized spacial score (nSPS) is 15.0. The summed E-state index contributed by atoms with van der Waals surface area (Å²) in [6, 6.07) is 9.72. The van der Waals surface area contributed by atoms with E-state index in [1.807, 2.05) is 4.90 Å². The van der Waals surface area contributed by atoms with Crippen molar-refractivity contribution in [3.63, 3.8) is 0 Å². The predicted molar refractivity (Wildman–Crippen MR) is 119 cm³/mol. The minimum atomic E-state index is -0.603. The molecule has 4 rings (SSSR count). The lowest BCUT2D eigenvalue weighted by molar-refractivity contribution is -0.384. The fraction of sp³-hybridized carbons (Fsp3) is 0.348. The summed E-state index contributed by atoms with van der Waals surface area (Å²) in [7, 11) is 0. The van der Waals surface area contributed by atoms with E-state index < -0.39 is 16.3 Å². The molecule has 0 radical (unpaired) electrons. The van der Waals surface area contributed by atoms with Crippen molar-refractivity contribution in [2.24, 2.45) is 5.92 Å². The molecule has 1 aliphatic heterocycles. The van der Waals surface area contributed by atoms with Crippen LogP contribution < -0.4 is 5.56 Å². The number of non-ortho nitro benzene ring substituents is 1. The zero-order chi connectivity index (χ0) is 23.5. The highest BCUT2D eigenvalue weighted by molar-refractivity contribution is 5.80. The Kier molecular flexibility index (Phi) is 6.45. The SMILES string of the molecule is CCOC(=O)C1CCN(Cc2nc3ccc([N+](=O)[O-])cc3c(=O)n2-c2ccccc2F)CC1. The maximum Gasteiger partial charge on any atom is 0.309 e. The molecule has 10 heteroatoms. The van der Waals surface area contributed by atoms with E-state index in [1.54, 1.807) is 13.0 Å². The third-order valence-corrected chi connectivity index (χ3v) is 5.80. The van der Waals surface area contributed by atoms with Gasteiger partial charge in [0.15, 0.2) is 0 Å². The average molecular weight is 454 g/mol. The summed E-state index contributed by atoms with van der Waals surface area (Å²) < 4.78 is 21.0. The summed E-state index contributed by atoms with van der Waals surface area (Å²) in [5, 5.41) is 11.2. The molecule has 3 aromatic rings. The van der Waals surface area contributed by atoms with Crippen LogP contribution in [0.25, 0.3) is 16.6 Å². The van der Waals surface area contributed by atoms with Gasteiger partial charge in [-0.25, -0.2) is 9.37 Å². The lowest BCUT2D eigenvalue weighted by atomic mass is 9.97. The zero-order valence-corrected chi connectivity index (χ0v) is 18.1. The Hall–Kier alpha value is -3.66. The Morgan fingerprint density at radius 1 is 1.24 bits per heavy atom. The Balaban J connectivity index is 1.73. The second-order valence-electron chi connectivity index (χ2n) is 7.88. The maximum absolute atomic E-state index is 14.7. The number of nitro groups is 1. The van der Waals surface area contributed by atoms with Crippen LogP contribution >= 0.6 is 0 Å². The van der Waals surface area contributed by atoms with Crippen molar-refractivity contribution >= 4 is 22.6 Å². The average Bonchev–Trinajstić information content (AvgIpc) is 2.80. The van der Waals surface area contributed by atoms with Crippen LogP contribution in [-0.4, -0.2) is 45.0 Å². The van der Waals surface area contributed by atoms with Crippen LogP contribution in [0.4, 0.5) is 10.1 Å². The highest BCUT2D eigenvalue weighted by Crippen LogP contribution is 2.23. The molecule has 0 amide bonds. The summed E-state index contributed by atoms with van der Waals surface area (Å²) in [6.45, 7) is 3.55. The van der Waals surface area contributed by atoms with Crippen LogP contribution in [0.1, 0.15) is 25.6 Å². The number of benzene rings is 2. The number of piperidine rings is 1. The van der Waals surface area contributed by atoms with E-state index in [4.69, 9.17) is 4.74 Å². The van der Waals surface area contributed by atoms with Crippen molar-refractivity contribution < 1.29 is 18.8 Å². The minimum Gasteiger partial charge on any atom is -0.466 e. The van der Waals surface area contributed by atoms with Crippen molar-refractivity contribution in [3.8, 4) is 5.69 Å². The smallest absolute Gasteiger partial charge is 0.309 e. The van der Waals surface area contributed by atoms with Gasteiger partial charge in [-0.2, -0.15) is 0 Å². The van der Waals surface area contributed by atoms with Crippen LogP contribution in [0.3, 0.4) is 0 Å². The summed E-state index contributed by atoms with van der Waals surface area (Å²) in [5.41, 5.74) is -0.491. The number of rotatable bonds is 6. The van der Waals surface area contributed by atoms with Crippen molar-refractivity contribution in [2.45, 2.75) is 26.3 Å². The van der Waals surface area contributed by atoms with Crippen molar-refractivity contribution in [2.75, 3.05) is 19.7 Å². The van der Waals surface area contributed by atoms with Crippen molar-refractivity contribution in [1.82, 2.24) is 14.5 Å². The van der Waals surface area contributed by atoms with E-state index in [2.05, 4.69) is 4.98 Å². The molecule has 9 nitrogen and oxygen atoms in total. The number of nitrogens with zero attached hydrogens (tertiary/aromatic N) is 4. The first-order valence-corrected chi connectivity index (χ1v) is 10.7. The molecule has 1 saturated heterocycles. The van der Waals surface area contributed by atoms with Gasteiger partial charge in [0.1, 0.15) is 11.6 Å². The van der Waals surface area contributed by atoms with Crippen LogP contribution in [0, 0.1) is 21.8 Å². The standard InChI is InChI=1S/C23H23FN4O5/c1-2-33-23(30)15-9-11-26(12-10-15)14-21-25-19-8-7-16(28(31)32)13-17(19)22(29)27(21)20-6-4-3-5-18(20)24/h3-8,13,15H,2,9-12,14H2,1H3. The van der Waals surface area contributed by atoms with E-state index in [-0.39, 0.29) is 35.2 Å². The fourth-order valence-electron chi connectivity index (χ4n) is 4.11. The van der Waals surface area contributed by atoms with E-state index in [0.29, 0.717) is 43.9 Å². The molecule has 0 atom stereocenters. The predicted octanol–water partition coefficient (Wildman–Crippen LogP) is 3.21. The zero-order valence-electron chi connectivity index (χ0n) is 18.1. The molecule has 0 saturated carbocycles. The first-order chi connectivity index (χ1) is 15.9. The number of halogens is 1. The molecule has 0 bridgehead atoms. The van der Waals surface area contributed by atoms with Gasteiger partial charge < -0.3 is 4.74 Å². The van der Waals surface area contributed by atoms with E-state index in [9.17, 15) is 24.1 Å². The number of hydrogen-bond donors (Lipinski definition) is 0. The molecule has 33 heavy (non-hydrogen) atoms. The first-order valence-electron chi connectivity index (χ1n) is 10.7. The maximum atomic E-state index is 14.7. The van der Waals surface area contributed by atoms with Crippen LogP contribution in [0.2, 0.25) is 0 Å². The van der Waals surface area contributed by atoms with Crippen LogP contribution in [-0.2, 0) is 16.1 Å². The number of carbonyl (C=O) groups excluding carboxylic acids is 1. The third-order valence-electron chi connectivity index (χ3n) is 5.80. The summed E-state index contributed by atoms with van der Waals surface area (Å²) in [4.78, 5) is 42.6. The topological polar surface area (TPSA) is 108 Å². The van der Waals surface area contributed by atoms with E-state index in [0.717, 1.165) is 6.07 Å². The quantitative estimate of drug-likeness (QED) is 0.320. The van der Waals surface area contributed by atoms with Gasteiger partial charge in [0.25, 0.3) is 11.2 Å². The molecule has 0 N–H and O–H groups in total. The summed E-state index contributed by atoms with van der Waals surface area (Å²) in [5.74, 6) is -0.652. The number of fused-ring (bicyclic) bond motifs is 1. The number of aromatic nitrogens is 2. The van der Waals surface area contributed by atoms with E-state index in [1.165, 1.54) is 34.9 Å². The number of carbonyl (C=O) groups is 1. The van der Waals surface area contributed by atoms with Gasteiger partial charge in [-0.15, -0.1) is 0 Å². The lowest BCUT2D eigenvalue weighted by Gasteiger charge is -2.31. The highest BCUT2D eigenvalue weighted by Gasteiger charge is 2.27. The summed E-state index contributed by atoms with van der Waals surface area (Å²) in [6.07, 6.45) is 1.23. The molecule has 1 fully saturated rings. The summed E-state index contributed by atoms with van der Waals surface area (Å²) >= 11 is 0. The Bertz CT molecular complexity index is 1270. The highest BCUT2D eigenvalue weighted by atomic mass is 19.1. The molecule has 0 aliphatic carbocycles. The second-order valence-corrected chi connectivity index (χ2v) is 7.88. The molecule has 0 spiro atoms. The Morgan fingerprint density at radius 3 is 2.64 bits per heavy atom. The largest absolute Gasteiger partial charge is 0.466 e. The lowest BCUT2D eigenvalue weighted by Crippen LogP contribution is -2.38. The second kappa shape index (κ2) is 9.45. The van der Waals surface area contributed by atoms with Crippen molar-refractivity contribution in [1.29, 1.82) is 0 Å². The fourth-order valence-corrected chi connectivity index (χ4v) is 4.11. The number of ether oxygens (including phenoxy) is 1. The van der Waals surface area contributed by atoms with E-state index >= 15 is 0 Å². The van der Waals surface area contributed by atoms with Gasteiger partial charge in [0.2, 0.25) is 0 Å². The van der Waals surface area contributed by atoms with Gasteiger partial charge >= 0.3 is 5.97 Å². The molecule has 2 aromatic carbocycles. The third kappa shape index (κ3) is 4.61. The number of hydrogen-bond acceptors (Lipinski definition) is 7. The Labute approximate surface area is 188 Å². The molecule has 2 heterocycles. The first kappa shape index (κ1) is 22.5. The van der Waals surface area contributed by atoms with Gasteiger partial charge in [-0.05, 0) is 51.1 Å². The van der Waals surface area contributed by atoms with Gasteiger partial charge in [0.05, 0.1) is 40.6 Å². The van der Waals surface area contributed by atoms with Gasteiger partial charge in [-0.1, -0.05) is 12.1 Å². The van der Waals surface area contributed by atoms with Gasteiger partial charge in [0, 0.05) is 12.1 Å². The molecule has 1 aliphatic rings. The molecular weight excluding hydrogens is 431 g/mol. The Morgan fingerprint density at radius 2 is 1.97 bits per heavy atom.